The molecule has 4 nitrogen and oxygen atoms in total. The number of fused-ring (bicyclic) bond motifs is 1. The Morgan fingerprint density at radius 3 is 2.88 bits per heavy atom. The summed E-state index contributed by atoms with van der Waals surface area (Å²) in [5.74, 6) is 0.284. The molecule has 0 atom stereocenters. The van der Waals surface area contributed by atoms with Gasteiger partial charge in [0.05, 0.1) is 11.9 Å². The fourth-order valence-corrected chi connectivity index (χ4v) is 2.07. The number of benzene rings is 1. The molecule has 0 unspecified atom stereocenters. The van der Waals surface area contributed by atoms with Gasteiger partial charge in [0, 0.05) is 30.8 Å². The zero-order valence-corrected chi connectivity index (χ0v) is 8.85. The zero-order chi connectivity index (χ0) is 11.0. The summed E-state index contributed by atoms with van der Waals surface area (Å²) in [6.07, 6.45) is 2.91. The average molecular weight is 215 g/mol. The molecular formula is C12H13N3O. The SMILES string of the molecule is Oc1ccc(-n2ncc3c2CCNC3)cc1. The van der Waals surface area contributed by atoms with Crippen LogP contribution in [-0.2, 0) is 13.0 Å². The second-order valence-corrected chi connectivity index (χ2v) is 3.97. The first-order valence-corrected chi connectivity index (χ1v) is 5.40. The normalized spacial score (nSPS) is 14.8. The van der Waals surface area contributed by atoms with Crippen molar-refractivity contribution < 1.29 is 5.11 Å². The smallest absolute Gasteiger partial charge is 0.115 e. The van der Waals surface area contributed by atoms with Gasteiger partial charge in [-0.3, -0.25) is 0 Å². The molecule has 1 aliphatic rings. The van der Waals surface area contributed by atoms with E-state index in [1.165, 1.54) is 11.3 Å². The molecule has 0 saturated heterocycles. The second-order valence-electron chi connectivity index (χ2n) is 3.97. The van der Waals surface area contributed by atoms with E-state index in [0.29, 0.717) is 0 Å². The number of hydrogen-bond acceptors (Lipinski definition) is 3. The molecule has 0 bridgehead atoms. The van der Waals surface area contributed by atoms with Crippen LogP contribution in [0.25, 0.3) is 5.69 Å². The maximum Gasteiger partial charge on any atom is 0.115 e. The van der Waals surface area contributed by atoms with E-state index < -0.39 is 0 Å². The molecule has 0 spiro atoms. The van der Waals surface area contributed by atoms with Crippen molar-refractivity contribution >= 4 is 0 Å². The molecule has 3 rings (SSSR count). The first-order valence-electron chi connectivity index (χ1n) is 5.40. The first-order chi connectivity index (χ1) is 7.84. The summed E-state index contributed by atoms with van der Waals surface area (Å²) in [6, 6.07) is 7.13. The number of aromatic nitrogens is 2. The summed E-state index contributed by atoms with van der Waals surface area (Å²) in [4.78, 5) is 0. The lowest BCUT2D eigenvalue weighted by molar-refractivity contribution is 0.475. The van der Waals surface area contributed by atoms with E-state index in [1.807, 2.05) is 23.0 Å². The molecule has 0 saturated carbocycles. The topological polar surface area (TPSA) is 50.1 Å². The Kier molecular flexibility index (Phi) is 2.15. The maximum absolute atomic E-state index is 9.25. The molecule has 0 fully saturated rings. The van der Waals surface area contributed by atoms with Gasteiger partial charge in [0.2, 0.25) is 0 Å². The summed E-state index contributed by atoms with van der Waals surface area (Å²) >= 11 is 0. The summed E-state index contributed by atoms with van der Waals surface area (Å²) in [6.45, 7) is 1.89. The molecule has 0 amide bonds. The Morgan fingerprint density at radius 2 is 2.06 bits per heavy atom. The molecule has 2 aromatic rings. The molecular weight excluding hydrogens is 202 g/mol. The van der Waals surface area contributed by atoms with Gasteiger partial charge in [-0.2, -0.15) is 5.10 Å². The van der Waals surface area contributed by atoms with E-state index in [-0.39, 0.29) is 5.75 Å². The Hall–Kier alpha value is -1.81. The van der Waals surface area contributed by atoms with E-state index >= 15 is 0 Å². The van der Waals surface area contributed by atoms with Gasteiger partial charge in [-0.05, 0) is 24.3 Å². The minimum atomic E-state index is 0.284. The molecule has 1 aromatic carbocycles. The molecule has 16 heavy (non-hydrogen) atoms. The summed E-state index contributed by atoms with van der Waals surface area (Å²) in [5.41, 5.74) is 3.53. The van der Waals surface area contributed by atoms with Gasteiger partial charge in [0.1, 0.15) is 5.75 Å². The van der Waals surface area contributed by atoms with Crippen LogP contribution in [0.1, 0.15) is 11.3 Å². The quantitative estimate of drug-likeness (QED) is 0.752. The van der Waals surface area contributed by atoms with Crippen LogP contribution >= 0.6 is 0 Å². The molecule has 2 N–H and O–H groups in total. The Labute approximate surface area is 93.5 Å². The lowest BCUT2D eigenvalue weighted by Crippen LogP contribution is -2.24. The average Bonchev–Trinajstić information content (AvgIpc) is 2.74. The van der Waals surface area contributed by atoms with Crippen LogP contribution < -0.4 is 5.32 Å². The minimum Gasteiger partial charge on any atom is -0.508 e. The number of hydrogen-bond donors (Lipinski definition) is 2. The van der Waals surface area contributed by atoms with Crippen LogP contribution in [0.4, 0.5) is 0 Å². The van der Waals surface area contributed by atoms with Crippen LogP contribution in [0.5, 0.6) is 5.75 Å². The Bertz CT molecular complexity index is 501. The predicted octanol–water partition coefficient (Wildman–Crippen LogP) is 1.22. The summed E-state index contributed by atoms with van der Waals surface area (Å²) < 4.78 is 1.95. The van der Waals surface area contributed by atoms with Crippen LogP contribution in [0.2, 0.25) is 0 Å². The second kappa shape index (κ2) is 3.64. The molecule has 2 heterocycles. The van der Waals surface area contributed by atoms with Gasteiger partial charge in [-0.25, -0.2) is 4.68 Å². The van der Waals surface area contributed by atoms with E-state index in [9.17, 15) is 5.11 Å². The van der Waals surface area contributed by atoms with Gasteiger partial charge in [0.25, 0.3) is 0 Å². The number of nitrogens with zero attached hydrogens (tertiary/aromatic N) is 2. The van der Waals surface area contributed by atoms with Gasteiger partial charge in [-0.15, -0.1) is 0 Å². The van der Waals surface area contributed by atoms with Crippen LogP contribution in [0.3, 0.4) is 0 Å². The molecule has 0 radical (unpaired) electrons. The third-order valence-corrected chi connectivity index (χ3v) is 2.90. The molecule has 1 aromatic heterocycles. The standard InChI is InChI=1S/C12H13N3O/c16-11-3-1-10(2-4-11)15-12-5-6-13-7-9(12)8-14-15/h1-4,8,13,16H,5-7H2. The Balaban J connectivity index is 2.06. The number of rotatable bonds is 1. The molecule has 0 aliphatic carbocycles. The fraction of sp³-hybridized carbons (Fsp3) is 0.250. The van der Waals surface area contributed by atoms with Gasteiger partial charge >= 0.3 is 0 Å². The van der Waals surface area contributed by atoms with Gasteiger partial charge < -0.3 is 10.4 Å². The number of nitrogens with one attached hydrogen (secondary N) is 1. The number of phenolic OH excluding ortho intramolecular Hbond substituents is 1. The highest BCUT2D eigenvalue weighted by Crippen LogP contribution is 2.19. The van der Waals surface area contributed by atoms with Crippen LogP contribution in [0.15, 0.2) is 30.5 Å². The summed E-state index contributed by atoms with van der Waals surface area (Å²) in [7, 11) is 0. The summed E-state index contributed by atoms with van der Waals surface area (Å²) in [5, 5.41) is 17.0. The van der Waals surface area contributed by atoms with E-state index in [0.717, 1.165) is 25.2 Å². The predicted molar refractivity (Wildman–Crippen MR) is 60.6 cm³/mol. The van der Waals surface area contributed by atoms with E-state index in [2.05, 4.69) is 10.4 Å². The van der Waals surface area contributed by atoms with Crippen molar-refractivity contribution in [1.29, 1.82) is 0 Å². The first kappa shape index (κ1) is 9.42. The fourth-order valence-electron chi connectivity index (χ4n) is 2.07. The van der Waals surface area contributed by atoms with Crippen molar-refractivity contribution in [3.05, 3.63) is 41.7 Å². The zero-order valence-electron chi connectivity index (χ0n) is 8.85. The lowest BCUT2D eigenvalue weighted by atomic mass is 10.1. The highest BCUT2D eigenvalue weighted by Gasteiger charge is 2.15. The van der Waals surface area contributed by atoms with E-state index in [1.54, 1.807) is 12.1 Å². The third kappa shape index (κ3) is 1.47. The highest BCUT2D eigenvalue weighted by molar-refractivity contribution is 5.39. The van der Waals surface area contributed by atoms with Crippen LogP contribution in [-0.4, -0.2) is 21.4 Å². The van der Waals surface area contributed by atoms with Crippen molar-refractivity contribution in [2.45, 2.75) is 13.0 Å². The van der Waals surface area contributed by atoms with Crippen molar-refractivity contribution in [1.82, 2.24) is 15.1 Å². The minimum absolute atomic E-state index is 0.284. The monoisotopic (exact) mass is 215 g/mol. The van der Waals surface area contributed by atoms with Gasteiger partial charge in [-0.1, -0.05) is 0 Å². The van der Waals surface area contributed by atoms with E-state index in [4.69, 9.17) is 0 Å². The van der Waals surface area contributed by atoms with Gasteiger partial charge in [0.15, 0.2) is 0 Å². The van der Waals surface area contributed by atoms with Crippen molar-refractivity contribution in [2.75, 3.05) is 6.54 Å². The Morgan fingerprint density at radius 1 is 1.25 bits per heavy atom. The third-order valence-electron chi connectivity index (χ3n) is 2.90. The van der Waals surface area contributed by atoms with Crippen LogP contribution in [0, 0.1) is 0 Å². The van der Waals surface area contributed by atoms with Crippen molar-refractivity contribution in [2.24, 2.45) is 0 Å². The highest BCUT2D eigenvalue weighted by atomic mass is 16.3. The molecule has 1 aliphatic heterocycles. The largest absolute Gasteiger partial charge is 0.508 e. The number of phenols is 1. The maximum atomic E-state index is 9.25. The molecule has 82 valence electrons. The molecule has 4 heteroatoms. The number of aromatic hydroxyl groups is 1. The lowest BCUT2D eigenvalue weighted by Gasteiger charge is -2.15. The van der Waals surface area contributed by atoms with Crippen molar-refractivity contribution in [3.8, 4) is 11.4 Å². The van der Waals surface area contributed by atoms with Crippen molar-refractivity contribution in [3.63, 3.8) is 0 Å².